The van der Waals surface area contributed by atoms with Gasteiger partial charge in [0.1, 0.15) is 0 Å². The van der Waals surface area contributed by atoms with Gasteiger partial charge in [0.2, 0.25) is 0 Å². The van der Waals surface area contributed by atoms with E-state index in [1.165, 1.54) is 25.1 Å². The van der Waals surface area contributed by atoms with Crippen molar-refractivity contribution >= 4 is 5.91 Å². The minimum Gasteiger partial charge on any atom is -0.459 e. The average Bonchev–Trinajstić information content (AvgIpc) is 3.36. The van der Waals surface area contributed by atoms with Gasteiger partial charge in [0.15, 0.2) is 5.76 Å². The van der Waals surface area contributed by atoms with Crippen molar-refractivity contribution in [2.24, 2.45) is 11.8 Å². The lowest BCUT2D eigenvalue weighted by atomic mass is 9.83. The Morgan fingerprint density at radius 3 is 2.48 bits per heavy atom. The lowest BCUT2D eigenvalue weighted by Crippen LogP contribution is -2.40. The summed E-state index contributed by atoms with van der Waals surface area (Å²) in [6, 6.07) is 12.6. The number of likely N-dealkylation sites (tertiary alicyclic amines) is 2. The summed E-state index contributed by atoms with van der Waals surface area (Å²) in [6.45, 7) is 7.28. The van der Waals surface area contributed by atoms with E-state index in [1.54, 1.807) is 6.26 Å². The molecule has 0 saturated carbocycles. The van der Waals surface area contributed by atoms with Crippen LogP contribution in [-0.2, 0) is 6.42 Å². The number of hydrogen-bond donors (Lipinski definition) is 0. The average molecular weight is 367 g/mol. The summed E-state index contributed by atoms with van der Waals surface area (Å²) in [5.74, 6) is 2.13. The molecule has 1 atom stereocenters. The van der Waals surface area contributed by atoms with E-state index in [0.717, 1.165) is 56.3 Å². The smallest absolute Gasteiger partial charge is 0.289 e. The molecule has 27 heavy (non-hydrogen) atoms. The predicted molar refractivity (Wildman–Crippen MR) is 107 cm³/mol. The molecule has 0 bridgehead atoms. The second kappa shape index (κ2) is 8.30. The van der Waals surface area contributed by atoms with Gasteiger partial charge in [-0.05, 0) is 62.6 Å². The summed E-state index contributed by atoms with van der Waals surface area (Å²) in [4.78, 5) is 17.2. The molecule has 2 aromatic rings. The van der Waals surface area contributed by atoms with E-state index in [2.05, 4.69) is 35.2 Å². The lowest BCUT2D eigenvalue weighted by molar-refractivity contribution is 0.0627. The number of amides is 1. The number of rotatable bonds is 5. The van der Waals surface area contributed by atoms with Gasteiger partial charge in [0, 0.05) is 31.7 Å². The Kier molecular flexibility index (Phi) is 5.63. The van der Waals surface area contributed by atoms with Crippen molar-refractivity contribution in [1.29, 1.82) is 0 Å². The van der Waals surface area contributed by atoms with Crippen molar-refractivity contribution in [3.8, 4) is 0 Å². The van der Waals surface area contributed by atoms with Gasteiger partial charge < -0.3 is 14.2 Å². The molecule has 2 aliphatic heterocycles. The van der Waals surface area contributed by atoms with Crippen LogP contribution in [0.2, 0.25) is 0 Å². The van der Waals surface area contributed by atoms with Crippen LogP contribution >= 0.6 is 0 Å². The zero-order valence-electron chi connectivity index (χ0n) is 16.3. The fourth-order valence-electron chi connectivity index (χ4n) is 4.69. The monoisotopic (exact) mass is 366 g/mol. The van der Waals surface area contributed by atoms with Gasteiger partial charge in [0.05, 0.1) is 6.26 Å². The fraction of sp³-hybridized carbons (Fsp3) is 0.522. The van der Waals surface area contributed by atoms with E-state index >= 15 is 0 Å². The Hall–Kier alpha value is -2.07. The fourth-order valence-corrected chi connectivity index (χ4v) is 4.69. The van der Waals surface area contributed by atoms with Crippen molar-refractivity contribution in [1.82, 2.24) is 9.80 Å². The topological polar surface area (TPSA) is 36.7 Å². The number of nitrogens with zero attached hydrogens (tertiary/aromatic N) is 2. The molecular weight excluding hydrogens is 336 g/mol. The first kappa shape index (κ1) is 18.3. The van der Waals surface area contributed by atoms with Gasteiger partial charge in [-0.3, -0.25) is 4.79 Å². The summed E-state index contributed by atoms with van der Waals surface area (Å²) >= 11 is 0. The van der Waals surface area contributed by atoms with Crippen LogP contribution in [0.15, 0.2) is 47.1 Å². The van der Waals surface area contributed by atoms with Crippen LogP contribution in [0.25, 0.3) is 0 Å². The highest BCUT2D eigenvalue weighted by Gasteiger charge is 2.33. The number of piperidine rings is 1. The molecule has 2 saturated heterocycles. The highest BCUT2D eigenvalue weighted by atomic mass is 16.3. The number of benzene rings is 1. The third-order valence-corrected chi connectivity index (χ3v) is 6.42. The molecule has 1 amide bonds. The molecular formula is C23H30N2O2. The van der Waals surface area contributed by atoms with Gasteiger partial charge in [0.25, 0.3) is 5.91 Å². The second-order valence-electron chi connectivity index (χ2n) is 8.15. The summed E-state index contributed by atoms with van der Waals surface area (Å²) < 4.78 is 5.39. The molecule has 2 fully saturated rings. The van der Waals surface area contributed by atoms with Crippen LogP contribution in [-0.4, -0.2) is 48.4 Å². The largest absolute Gasteiger partial charge is 0.459 e. The van der Waals surface area contributed by atoms with Gasteiger partial charge in [-0.2, -0.15) is 0 Å². The Bertz CT molecular complexity index is 747. The van der Waals surface area contributed by atoms with Crippen LogP contribution in [0.5, 0.6) is 0 Å². The molecule has 4 rings (SSSR count). The number of furan rings is 1. The van der Waals surface area contributed by atoms with E-state index < -0.39 is 0 Å². The van der Waals surface area contributed by atoms with Crippen LogP contribution in [0, 0.1) is 18.8 Å². The molecule has 3 heterocycles. The second-order valence-corrected chi connectivity index (χ2v) is 8.15. The summed E-state index contributed by atoms with van der Waals surface area (Å²) in [7, 11) is 0. The number of hydrogen-bond acceptors (Lipinski definition) is 3. The van der Waals surface area contributed by atoms with Crippen molar-refractivity contribution in [3.63, 3.8) is 0 Å². The molecule has 0 unspecified atom stereocenters. The zero-order valence-corrected chi connectivity index (χ0v) is 16.3. The van der Waals surface area contributed by atoms with Crippen molar-refractivity contribution in [2.45, 2.75) is 32.6 Å². The van der Waals surface area contributed by atoms with E-state index in [1.807, 2.05) is 17.9 Å². The molecule has 4 heteroatoms. The number of carbonyl (C=O) groups is 1. The van der Waals surface area contributed by atoms with E-state index in [4.69, 9.17) is 4.42 Å². The molecule has 0 radical (unpaired) electrons. The maximum Gasteiger partial charge on any atom is 0.289 e. The Balaban J connectivity index is 1.23. The third-order valence-electron chi connectivity index (χ3n) is 6.42. The van der Waals surface area contributed by atoms with Crippen molar-refractivity contribution in [3.05, 3.63) is 59.5 Å². The maximum atomic E-state index is 12.6. The Morgan fingerprint density at radius 1 is 1.04 bits per heavy atom. The molecule has 0 spiro atoms. The van der Waals surface area contributed by atoms with Gasteiger partial charge in [-0.1, -0.05) is 30.3 Å². The summed E-state index contributed by atoms with van der Waals surface area (Å²) in [6.07, 6.45) is 6.32. The SMILES string of the molecule is Cc1ccoc1C(=O)N1CCC([C@H]2CCN(CCc3ccccc3)C2)CC1. The van der Waals surface area contributed by atoms with Crippen molar-refractivity contribution < 1.29 is 9.21 Å². The highest BCUT2D eigenvalue weighted by Crippen LogP contribution is 2.32. The van der Waals surface area contributed by atoms with Gasteiger partial charge in [-0.25, -0.2) is 0 Å². The summed E-state index contributed by atoms with van der Waals surface area (Å²) in [5, 5.41) is 0. The molecule has 0 N–H and O–H groups in total. The highest BCUT2D eigenvalue weighted by molar-refractivity contribution is 5.92. The van der Waals surface area contributed by atoms with E-state index in [0.29, 0.717) is 5.76 Å². The van der Waals surface area contributed by atoms with Gasteiger partial charge >= 0.3 is 0 Å². The molecule has 4 nitrogen and oxygen atoms in total. The first-order chi connectivity index (χ1) is 13.2. The van der Waals surface area contributed by atoms with Crippen LogP contribution in [0.4, 0.5) is 0 Å². The zero-order chi connectivity index (χ0) is 18.6. The van der Waals surface area contributed by atoms with Crippen molar-refractivity contribution in [2.75, 3.05) is 32.7 Å². The van der Waals surface area contributed by atoms with Crippen LogP contribution in [0.3, 0.4) is 0 Å². The first-order valence-electron chi connectivity index (χ1n) is 10.3. The standard InChI is InChI=1S/C23H30N2O2/c1-18-11-16-27-22(18)23(26)25-14-9-20(10-15-25)21-8-13-24(17-21)12-7-19-5-3-2-4-6-19/h2-6,11,16,20-21H,7-10,12-15,17H2,1H3/t21-/m0/s1. The molecule has 144 valence electrons. The quantitative estimate of drug-likeness (QED) is 0.802. The van der Waals surface area contributed by atoms with E-state index in [9.17, 15) is 4.79 Å². The number of carbonyl (C=O) groups excluding carboxylic acids is 1. The Labute approximate surface area is 162 Å². The van der Waals surface area contributed by atoms with Crippen LogP contribution < -0.4 is 0 Å². The normalized spacial score (nSPS) is 21.7. The molecule has 1 aromatic heterocycles. The van der Waals surface area contributed by atoms with E-state index in [-0.39, 0.29) is 5.91 Å². The minimum absolute atomic E-state index is 0.0619. The maximum absolute atomic E-state index is 12.6. The lowest BCUT2D eigenvalue weighted by Gasteiger charge is -2.34. The molecule has 0 aliphatic carbocycles. The number of aryl methyl sites for hydroxylation is 1. The molecule has 1 aromatic carbocycles. The molecule has 2 aliphatic rings. The van der Waals surface area contributed by atoms with Gasteiger partial charge in [-0.15, -0.1) is 0 Å². The van der Waals surface area contributed by atoms with Crippen LogP contribution in [0.1, 0.15) is 40.9 Å². The third kappa shape index (κ3) is 4.27. The Morgan fingerprint density at radius 2 is 1.78 bits per heavy atom. The predicted octanol–water partition coefficient (Wildman–Crippen LogP) is 4.00. The first-order valence-corrected chi connectivity index (χ1v) is 10.3. The summed E-state index contributed by atoms with van der Waals surface area (Å²) in [5.41, 5.74) is 2.37. The minimum atomic E-state index is 0.0619.